The van der Waals surface area contributed by atoms with Crippen LogP contribution in [0.3, 0.4) is 0 Å². The molecule has 1 unspecified atom stereocenters. The molecule has 7 heteroatoms. The van der Waals surface area contributed by atoms with E-state index in [1.165, 1.54) is 29.5 Å². The number of nitrogens with zero attached hydrogens (tertiary/aromatic N) is 2. The Hall–Kier alpha value is -1.15. The zero-order valence-corrected chi connectivity index (χ0v) is 11.5. The molecule has 6 nitrogen and oxygen atoms in total. The van der Waals surface area contributed by atoms with Crippen molar-refractivity contribution in [1.82, 2.24) is 4.31 Å². The van der Waals surface area contributed by atoms with E-state index in [2.05, 4.69) is 6.58 Å². The van der Waals surface area contributed by atoms with E-state index in [0.29, 0.717) is 19.5 Å². The molecule has 18 heavy (non-hydrogen) atoms. The number of hydrogen-bond acceptors (Lipinski definition) is 5. The molecule has 0 amide bonds. The van der Waals surface area contributed by atoms with Crippen molar-refractivity contribution in [3.8, 4) is 0 Å². The van der Waals surface area contributed by atoms with Crippen LogP contribution in [0.1, 0.15) is 13.3 Å². The molecule has 0 aliphatic heterocycles. The molecule has 0 aromatic rings. The van der Waals surface area contributed by atoms with Crippen LogP contribution in [0.5, 0.6) is 0 Å². The summed E-state index contributed by atoms with van der Waals surface area (Å²) in [6.45, 7) is 5.94. The maximum absolute atomic E-state index is 12.0. The first kappa shape index (κ1) is 16.9. The van der Waals surface area contributed by atoms with E-state index in [1.807, 2.05) is 0 Å². The first-order valence-corrected chi connectivity index (χ1v) is 6.53. The Labute approximate surface area is 110 Å². The molecule has 0 aromatic heterocycles. The summed E-state index contributed by atoms with van der Waals surface area (Å²) < 4.78 is 13.6. The second-order valence-electron chi connectivity index (χ2n) is 3.54. The van der Waals surface area contributed by atoms with Crippen molar-refractivity contribution in [3.05, 3.63) is 45.5 Å². The van der Waals surface area contributed by atoms with Crippen LogP contribution in [0.25, 0.3) is 0 Å². The van der Waals surface area contributed by atoms with Gasteiger partial charge in [0.05, 0.1) is 16.3 Å². The van der Waals surface area contributed by atoms with E-state index in [9.17, 15) is 14.7 Å². The smallest absolute Gasteiger partial charge is 0.321 e. The third-order valence-corrected chi connectivity index (χ3v) is 3.65. The van der Waals surface area contributed by atoms with Crippen molar-refractivity contribution in [2.45, 2.75) is 13.3 Å². The maximum atomic E-state index is 12.0. The van der Waals surface area contributed by atoms with E-state index < -0.39 is 16.3 Å². The number of allylic oxidation sites excluding steroid dienone is 4. The zero-order chi connectivity index (χ0) is 14.1. The molecule has 1 atom stereocenters. The van der Waals surface area contributed by atoms with Crippen LogP contribution in [-0.4, -0.2) is 33.9 Å². The SMILES string of the molecule is C=C/C=C\C(=C(/C)[S+]([O-])N(C)CCCN)[N+](=O)[O-]. The lowest BCUT2D eigenvalue weighted by molar-refractivity contribution is -0.419. The van der Waals surface area contributed by atoms with Gasteiger partial charge in [-0.15, -0.1) is 4.31 Å². The molecular formula is C11H19N3O3S. The van der Waals surface area contributed by atoms with Gasteiger partial charge in [0.2, 0.25) is 4.91 Å². The van der Waals surface area contributed by atoms with Crippen molar-refractivity contribution in [3.63, 3.8) is 0 Å². The number of rotatable bonds is 8. The monoisotopic (exact) mass is 273 g/mol. The number of hydrogen-bond donors (Lipinski definition) is 1. The Morgan fingerprint density at radius 3 is 2.67 bits per heavy atom. The molecule has 0 aromatic carbocycles. The van der Waals surface area contributed by atoms with Gasteiger partial charge in [-0.25, -0.2) is 0 Å². The molecule has 0 fully saturated rings. The highest BCUT2D eigenvalue weighted by Gasteiger charge is 2.26. The molecule has 2 N–H and O–H groups in total. The van der Waals surface area contributed by atoms with Gasteiger partial charge in [0.25, 0.3) is 0 Å². The fourth-order valence-corrected chi connectivity index (χ4v) is 2.27. The molecule has 0 heterocycles. The standard InChI is InChI=1S/C11H19N3O3S/c1-4-5-7-11(14(15)16)10(2)18(17)13(3)9-6-8-12/h4-5,7H,1,6,8-9,12H2,2-3H3/b7-5-,11-10-. The molecule has 0 aliphatic carbocycles. The highest BCUT2D eigenvalue weighted by molar-refractivity contribution is 7.93. The van der Waals surface area contributed by atoms with Crippen molar-refractivity contribution < 1.29 is 9.48 Å². The Morgan fingerprint density at radius 1 is 1.61 bits per heavy atom. The summed E-state index contributed by atoms with van der Waals surface area (Å²) in [4.78, 5) is 10.5. The second-order valence-corrected chi connectivity index (χ2v) is 5.27. The van der Waals surface area contributed by atoms with Gasteiger partial charge in [0, 0.05) is 26.6 Å². The first-order chi connectivity index (χ1) is 8.45. The van der Waals surface area contributed by atoms with Gasteiger partial charge in [-0.05, 0) is 13.0 Å². The molecule has 0 saturated heterocycles. The van der Waals surface area contributed by atoms with Gasteiger partial charge in [-0.1, -0.05) is 18.7 Å². The summed E-state index contributed by atoms with van der Waals surface area (Å²) in [5.74, 6) is 0. The number of nitro groups is 1. The van der Waals surface area contributed by atoms with Gasteiger partial charge < -0.3 is 10.3 Å². The Morgan fingerprint density at radius 2 is 2.22 bits per heavy atom. The Kier molecular flexibility index (Phi) is 8.30. The average molecular weight is 273 g/mol. The normalized spacial score (nSPS) is 14.7. The van der Waals surface area contributed by atoms with Gasteiger partial charge in [-0.3, -0.25) is 10.1 Å². The minimum atomic E-state index is -1.53. The van der Waals surface area contributed by atoms with Crippen molar-refractivity contribution >= 4 is 11.4 Å². The van der Waals surface area contributed by atoms with Gasteiger partial charge in [-0.2, -0.15) is 0 Å². The van der Waals surface area contributed by atoms with E-state index in [1.54, 1.807) is 7.05 Å². The predicted octanol–water partition coefficient (Wildman–Crippen LogP) is 1.18. The van der Waals surface area contributed by atoms with Crippen LogP contribution in [-0.2, 0) is 11.4 Å². The summed E-state index contributed by atoms with van der Waals surface area (Å²) in [5.41, 5.74) is 5.19. The topological polar surface area (TPSA) is 95.5 Å². The summed E-state index contributed by atoms with van der Waals surface area (Å²) in [7, 11) is 1.64. The summed E-state index contributed by atoms with van der Waals surface area (Å²) in [6, 6.07) is 0. The van der Waals surface area contributed by atoms with Crippen LogP contribution in [0.4, 0.5) is 0 Å². The lowest BCUT2D eigenvalue weighted by Crippen LogP contribution is -2.30. The fourth-order valence-electron chi connectivity index (χ4n) is 1.19. The minimum absolute atomic E-state index is 0.173. The molecule has 0 radical (unpaired) electrons. The summed E-state index contributed by atoms with van der Waals surface area (Å²) in [5, 5.41) is 10.9. The minimum Gasteiger partial charge on any atom is -0.593 e. The van der Waals surface area contributed by atoms with Crippen LogP contribution in [0.2, 0.25) is 0 Å². The highest BCUT2D eigenvalue weighted by Crippen LogP contribution is 2.17. The van der Waals surface area contributed by atoms with Crippen molar-refractivity contribution in [1.29, 1.82) is 0 Å². The maximum Gasteiger partial charge on any atom is 0.321 e. The first-order valence-electron chi connectivity index (χ1n) is 5.43. The lowest BCUT2D eigenvalue weighted by atomic mass is 10.3. The van der Waals surface area contributed by atoms with Crippen LogP contribution < -0.4 is 5.73 Å². The fraction of sp³-hybridized carbons (Fsp3) is 0.455. The van der Waals surface area contributed by atoms with E-state index in [0.717, 1.165) is 0 Å². The largest absolute Gasteiger partial charge is 0.593 e. The molecule has 0 aliphatic rings. The average Bonchev–Trinajstić information content (AvgIpc) is 2.34. The highest BCUT2D eigenvalue weighted by atomic mass is 32.2. The van der Waals surface area contributed by atoms with E-state index in [-0.39, 0.29) is 10.6 Å². The Balaban J connectivity index is 5.01. The second kappa shape index (κ2) is 8.87. The van der Waals surface area contributed by atoms with E-state index in [4.69, 9.17) is 5.73 Å². The molecule has 102 valence electrons. The van der Waals surface area contributed by atoms with Crippen molar-refractivity contribution in [2.24, 2.45) is 5.73 Å². The lowest BCUT2D eigenvalue weighted by Gasteiger charge is -2.19. The molecule has 0 spiro atoms. The molecule has 0 rings (SSSR count). The van der Waals surface area contributed by atoms with Gasteiger partial charge >= 0.3 is 5.70 Å². The molecule has 0 saturated carbocycles. The zero-order valence-electron chi connectivity index (χ0n) is 10.7. The Bertz CT molecular complexity index is 355. The quantitative estimate of drug-likeness (QED) is 0.310. The predicted molar refractivity (Wildman–Crippen MR) is 73.5 cm³/mol. The summed E-state index contributed by atoms with van der Waals surface area (Å²) >= 11 is -1.53. The van der Waals surface area contributed by atoms with Crippen molar-refractivity contribution in [2.75, 3.05) is 20.1 Å². The molecular weight excluding hydrogens is 254 g/mol. The van der Waals surface area contributed by atoms with Crippen LogP contribution in [0.15, 0.2) is 35.4 Å². The van der Waals surface area contributed by atoms with Gasteiger partial charge in [0.15, 0.2) is 0 Å². The third-order valence-electron chi connectivity index (χ3n) is 2.17. The molecule has 0 bridgehead atoms. The van der Waals surface area contributed by atoms with E-state index >= 15 is 0 Å². The van der Waals surface area contributed by atoms with Gasteiger partial charge in [0.1, 0.15) is 0 Å². The number of nitrogens with two attached hydrogens (primary N) is 1. The third kappa shape index (κ3) is 5.46. The van der Waals surface area contributed by atoms with Crippen LogP contribution >= 0.6 is 0 Å². The summed E-state index contributed by atoms with van der Waals surface area (Å²) in [6.07, 6.45) is 4.85. The van der Waals surface area contributed by atoms with Crippen LogP contribution in [0, 0.1) is 10.1 Å².